The highest BCUT2D eigenvalue weighted by Crippen LogP contribution is 2.43. The molecule has 3 aromatic rings. The standard InChI is InChI=1S/C41H58N2O4S/c1-3-4-5-6-7-8-9-10-11-12-13-14-15-18-38(45)43-29-33-20-26-36(27-21-33)41-46-37(31-48-39-19-16-17-28-42-39)32(2)40(47-41)35-24-22-34(30-44)23-25-35/h16-17,19-28,32,37,40-41,44H,3-15,18,29-31H2,1-2H3,(H,43,45). The molecule has 2 heterocycles. The first-order chi connectivity index (χ1) is 23.6. The van der Waals surface area contributed by atoms with Crippen molar-refractivity contribution in [2.75, 3.05) is 5.75 Å². The molecule has 2 N–H and O–H groups in total. The maximum Gasteiger partial charge on any atom is 0.220 e. The lowest BCUT2D eigenvalue weighted by Gasteiger charge is -2.41. The number of pyridine rings is 1. The molecule has 2 aromatic carbocycles. The second-order valence-corrected chi connectivity index (χ2v) is 14.4. The number of aromatic nitrogens is 1. The van der Waals surface area contributed by atoms with Gasteiger partial charge in [-0.2, -0.15) is 0 Å². The molecule has 0 spiro atoms. The van der Waals surface area contributed by atoms with Crippen molar-refractivity contribution in [3.8, 4) is 0 Å². The topological polar surface area (TPSA) is 80.7 Å². The van der Waals surface area contributed by atoms with Crippen LogP contribution in [0.3, 0.4) is 0 Å². The highest BCUT2D eigenvalue weighted by molar-refractivity contribution is 7.99. The first-order valence-electron chi connectivity index (χ1n) is 18.5. The zero-order chi connectivity index (χ0) is 33.8. The van der Waals surface area contributed by atoms with Crippen molar-refractivity contribution in [3.05, 3.63) is 95.2 Å². The molecule has 4 unspecified atom stereocenters. The summed E-state index contributed by atoms with van der Waals surface area (Å²) in [6, 6.07) is 22.1. The van der Waals surface area contributed by atoms with Crippen LogP contribution in [0.5, 0.6) is 0 Å². The number of nitrogens with zero attached hydrogens (tertiary/aromatic N) is 1. The van der Waals surface area contributed by atoms with Crippen molar-refractivity contribution < 1.29 is 19.4 Å². The summed E-state index contributed by atoms with van der Waals surface area (Å²) < 4.78 is 13.2. The van der Waals surface area contributed by atoms with E-state index in [1.807, 2.05) is 72.9 Å². The molecular weight excluding hydrogens is 617 g/mol. The molecule has 1 fully saturated rings. The fraction of sp³-hybridized carbons (Fsp3) is 0.561. The number of nitrogens with one attached hydrogen (secondary N) is 1. The molecule has 0 radical (unpaired) electrons. The van der Waals surface area contributed by atoms with Gasteiger partial charge in [0, 0.05) is 36.4 Å². The molecule has 4 atom stereocenters. The number of carbonyl (C=O) groups is 1. The van der Waals surface area contributed by atoms with Gasteiger partial charge in [0.05, 0.1) is 23.8 Å². The lowest BCUT2D eigenvalue weighted by molar-refractivity contribution is -0.268. The molecule has 1 saturated heterocycles. The van der Waals surface area contributed by atoms with Gasteiger partial charge < -0.3 is 19.9 Å². The van der Waals surface area contributed by atoms with Crippen molar-refractivity contribution >= 4 is 17.7 Å². The average Bonchev–Trinajstić information content (AvgIpc) is 3.13. The van der Waals surface area contributed by atoms with Gasteiger partial charge in [0.2, 0.25) is 5.91 Å². The van der Waals surface area contributed by atoms with E-state index in [-0.39, 0.29) is 30.6 Å². The number of carbonyl (C=O) groups excluding carboxylic acids is 1. The molecule has 1 amide bonds. The summed E-state index contributed by atoms with van der Waals surface area (Å²) >= 11 is 1.69. The zero-order valence-corrected chi connectivity index (χ0v) is 30.1. The summed E-state index contributed by atoms with van der Waals surface area (Å²) in [7, 11) is 0. The number of rotatable bonds is 22. The zero-order valence-electron chi connectivity index (χ0n) is 29.3. The maximum atomic E-state index is 12.5. The van der Waals surface area contributed by atoms with Crippen molar-refractivity contribution in [3.63, 3.8) is 0 Å². The summed E-state index contributed by atoms with van der Waals surface area (Å²) in [4.78, 5) is 17.0. The Balaban J connectivity index is 1.19. The quantitative estimate of drug-likeness (QED) is 0.0816. The Morgan fingerprint density at radius 3 is 1.98 bits per heavy atom. The van der Waals surface area contributed by atoms with Gasteiger partial charge in [-0.15, -0.1) is 11.8 Å². The van der Waals surface area contributed by atoms with Crippen LogP contribution in [-0.2, 0) is 27.4 Å². The first kappa shape index (κ1) is 38.1. The molecular formula is C41H58N2O4S. The number of aliphatic hydroxyl groups excluding tert-OH is 1. The van der Waals surface area contributed by atoms with Gasteiger partial charge in [-0.3, -0.25) is 4.79 Å². The molecule has 4 rings (SSSR count). The third-order valence-corrected chi connectivity index (χ3v) is 10.4. The van der Waals surface area contributed by atoms with E-state index < -0.39 is 6.29 Å². The third-order valence-electron chi connectivity index (χ3n) is 9.41. The van der Waals surface area contributed by atoms with Crippen molar-refractivity contribution in [1.82, 2.24) is 10.3 Å². The summed E-state index contributed by atoms with van der Waals surface area (Å²) in [5.74, 6) is 0.993. The van der Waals surface area contributed by atoms with Crippen LogP contribution in [0.15, 0.2) is 78.0 Å². The van der Waals surface area contributed by atoms with E-state index >= 15 is 0 Å². The van der Waals surface area contributed by atoms with E-state index in [0.717, 1.165) is 45.9 Å². The van der Waals surface area contributed by atoms with Crippen LogP contribution in [-0.4, -0.2) is 27.9 Å². The molecule has 6 nitrogen and oxygen atoms in total. The predicted molar refractivity (Wildman–Crippen MR) is 197 cm³/mol. The highest BCUT2D eigenvalue weighted by atomic mass is 32.2. The monoisotopic (exact) mass is 674 g/mol. The van der Waals surface area contributed by atoms with Crippen molar-refractivity contribution in [2.24, 2.45) is 5.92 Å². The second kappa shape index (κ2) is 22.1. The maximum absolute atomic E-state index is 12.5. The van der Waals surface area contributed by atoms with E-state index in [2.05, 4.69) is 24.1 Å². The molecule has 0 saturated carbocycles. The number of aliphatic hydroxyl groups is 1. The van der Waals surface area contributed by atoms with Crippen LogP contribution in [0.2, 0.25) is 0 Å². The molecule has 7 heteroatoms. The van der Waals surface area contributed by atoms with E-state index in [0.29, 0.717) is 13.0 Å². The second-order valence-electron chi connectivity index (χ2n) is 13.3. The molecule has 1 aromatic heterocycles. The molecule has 0 bridgehead atoms. The Kier molecular flexibility index (Phi) is 17.5. The molecule has 1 aliphatic rings. The molecule has 48 heavy (non-hydrogen) atoms. The molecule has 0 aliphatic carbocycles. The number of hydrogen-bond acceptors (Lipinski definition) is 6. The number of ether oxygens (including phenoxy) is 2. The van der Waals surface area contributed by atoms with Gasteiger partial charge in [0.1, 0.15) is 0 Å². The van der Waals surface area contributed by atoms with Crippen LogP contribution >= 0.6 is 11.8 Å². The summed E-state index contributed by atoms with van der Waals surface area (Å²) in [6.07, 6.45) is 18.7. The number of hydrogen-bond donors (Lipinski definition) is 2. The molecule has 262 valence electrons. The molecule has 1 aliphatic heterocycles. The minimum atomic E-state index is -0.516. The van der Waals surface area contributed by atoms with Gasteiger partial charge in [-0.05, 0) is 35.2 Å². The fourth-order valence-corrected chi connectivity index (χ4v) is 7.32. The SMILES string of the molecule is CCCCCCCCCCCCCCCC(=O)NCc1ccc(C2OC(CSc3ccccn3)C(C)C(c3ccc(CO)cc3)O2)cc1. The van der Waals surface area contributed by atoms with Crippen LogP contribution in [0.1, 0.15) is 138 Å². The number of benzene rings is 2. The Hall–Kier alpha value is -2.71. The minimum absolute atomic E-state index is 0.0165. The van der Waals surface area contributed by atoms with E-state index in [9.17, 15) is 9.90 Å². The number of amides is 1. The van der Waals surface area contributed by atoms with E-state index in [4.69, 9.17) is 9.47 Å². The van der Waals surface area contributed by atoms with E-state index in [1.54, 1.807) is 11.8 Å². The Labute approximate surface area is 293 Å². The van der Waals surface area contributed by atoms with Crippen LogP contribution < -0.4 is 5.32 Å². The van der Waals surface area contributed by atoms with E-state index in [1.165, 1.54) is 70.6 Å². The highest BCUT2D eigenvalue weighted by Gasteiger charge is 2.38. The number of unbranched alkanes of at least 4 members (excludes halogenated alkanes) is 12. The summed E-state index contributed by atoms with van der Waals surface area (Å²) in [5.41, 5.74) is 3.96. The third kappa shape index (κ3) is 13.3. The number of thioether (sulfide) groups is 1. The summed E-state index contributed by atoms with van der Waals surface area (Å²) in [5, 5.41) is 13.6. The normalized spacial score (nSPS) is 19.3. The predicted octanol–water partition coefficient (Wildman–Crippen LogP) is 10.3. The Morgan fingerprint density at radius 2 is 1.38 bits per heavy atom. The van der Waals surface area contributed by atoms with Gasteiger partial charge in [0.25, 0.3) is 0 Å². The smallest absolute Gasteiger partial charge is 0.220 e. The Bertz CT molecular complexity index is 1290. The van der Waals surface area contributed by atoms with Gasteiger partial charge in [-0.1, -0.05) is 145 Å². The minimum Gasteiger partial charge on any atom is -0.392 e. The first-order valence-corrected chi connectivity index (χ1v) is 19.5. The van der Waals surface area contributed by atoms with Crippen LogP contribution in [0.25, 0.3) is 0 Å². The fourth-order valence-electron chi connectivity index (χ4n) is 6.29. The van der Waals surface area contributed by atoms with Crippen molar-refractivity contribution in [1.29, 1.82) is 0 Å². The van der Waals surface area contributed by atoms with Crippen LogP contribution in [0, 0.1) is 5.92 Å². The summed E-state index contributed by atoms with van der Waals surface area (Å²) in [6.45, 7) is 4.98. The lowest BCUT2D eigenvalue weighted by atomic mass is 9.91. The lowest BCUT2D eigenvalue weighted by Crippen LogP contribution is -2.38. The van der Waals surface area contributed by atoms with Crippen molar-refractivity contribution in [2.45, 2.75) is 140 Å². The van der Waals surface area contributed by atoms with Gasteiger partial charge in [0.15, 0.2) is 6.29 Å². The van der Waals surface area contributed by atoms with Crippen LogP contribution in [0.4, 0.5) is 0 Å². The van der Waals surface area contributed by atoms with Gasteiger partial charge in [-0.25, -0.2) is 4.98 Å². The Morgan fingerprint density at radius 1 is 0.771 bits per heavy atom. The average molecular weight is 675 g/mol. The van der Waals surface area contributed by atoms with Gasteiger partial charge >= 0.3 is 0 Å². The largest absolute Gasteiger partial charge is 0.392 e.